The van der Waals surface area contributed by atoms with Gasteiger partial charge < -0.3 is 0 Å². The molecule has 3 nitrogen and oxygen atoms in total. The molecule has 0 spiro atoms. The van der Waals surface area contributed by atoms with Gasteiger partial charge in [0.1, 0.15) is 0 Å². The van der Waals surface area contributed by atoms with Crippen molar-refractivity contribution >= 4 is 10.0 Å². The Balaban J connectivity index is 4.10. The maximum atomic E-state index is 10.0. The predicted octanol–water partition coefficient (Wildman–Crippen LogP) is -0.503. The van der Waals surface area contributed by atoms with Crippen molar-refractivity contribution in [1.29, 1.82) is 0 Å². The third-order valence-electron chi connectivity index (χ3n) is 0.561. The lowest BCUT2D eigenvalue weighted by Gasteiger charge is -1.96. The molecule has 4 heteroatoms. The van der Waals surface area contributed by atoms with Gasteiger partial charge >= 0.3 is 0 Å². The highest BCUT2D eigenvalue weighted by Gasteiger charge is 2.06. The third kappa shape index (κ3) is 2.59. The Hall–Kier alpha value is -0.0900. The SMILES string of the molecule is [CH2]C(C)S(N)(=O)=O. The molecule has 0 fully saturated rings. The van der Waals surface area contributed by atoms with E-state index in [1.807, 2.05) is 0 Å². The lowest BCUT2D eigenvalue weighted by Crippen LogP contribution is -2.22. The summed E-state index contributed by atoms with van der Waals surface area (Å²) in [4.78, 5) is 0. The summed E-state index contributed by atoms with van der Waals surface area (Å²) in [6.45, 7) is 4.62. The van der Waals surface area contributed by atoms with Crippen LogP contribution in [0.5, 0.6) is 0 Å². The highest BCUT2D eigenvalue weighted by Crippen LogP contribution is 1.87. The van der Waals surface area contributed by atoms with Crippen LogP contribution in [0.3, 0.4) is 0 Å². The highest BCUT2D eigenvalue weighted by atomic mass is 32.2. The molecular weight excluding hydrogens is 114 g/mol. The van der Waals surface area contributed by atoms with Crippen molar-refractivity contribution in [2.45, 2.75) is 12.2 Å². The Labute approximate surface area is 43.6 Å². The van der Waals surface area contributed by atoms with Crippen molar-refractivity contribution in [2.75, 3.05) is 0 Å². The Kier molecular flexibility index (Phi) is 1.77. The first-order chi connectivity index (χ1) is 2.94. The molecule has 43 valence electrons. The first kappa shape index (κ1) is 6.91. The average molecular weight is 122 g/mol. The second-order valence-corrected chi connectivity index (χ2v) is 3.38. The van der Waals surface area contributed by atoms with Gasteiger partial charge in [0, 0.05) is 0 Å². The standard InChI is InChI=1S/C3H8NO2S/c1-3(2)7(4,5)6/h3H,1H2,2H3,(H2,4,5,6). The van der Waals surface area contributed by atoms with Crippen molar-refractivity contribution in [2.24, 2.45) is 5.14 Å². The van der Waals surface area contributed by atoms with Gasteiger partial charge in [-0.05, 0) is 13.8 Å². The van der Waals surface area contributed by atoms with Crippen LogP contribution in [0.15, 0.2) is 0 Å². The summed E-state index contributed by atoms with van der Waals surface area (Å²) >= 11 is 0. The van der Waals surface area contributed by atoms with Crippen LogP contribution in [-0.4, -0.2) is 13.7 Å². The molecule has 1 unspecified atom stereocenters. The van der Waals surface area contributed by atoms with Crippen LogP contribution in [0, 0.1) is 6.92 Å². The Morgan fingerprint density at radius 1 is 1.71 bits per heavy atom. The van der Waals surface area contributed by atoms with Crippen LogP contribution in [0.2, 0.25) is 0 Å². The van der Waals surface area contributed by atoms with Gasteiger partial charge in [-0.2, -0.15) is 0 Å². The van der Waals surface area contributed by atoms with Gasteiger partial charge in [-0.3, -0.25) is 0 Å². The second-order valence-electron chi connectivity index (χ2n) is 1.40. The Bertz CT molecular complexity index is 135. The zero-order valence-electron chi connectivity index (χ0n) is 4.09. The van der Waals surface area contributed by atoms with E-state index in [0.29, 0.717) is 0 Å². The van der Waals surface area contributed by atoms with Crippen molar-refractivity contribution in [3.8, 4) is 0 Å². The van der Waals surface area contributed by atoms with Gasteiger partial charge in [-0.1, -0.05) is 0 Å². The molecule has 0 aliphatic heterocycles. The molecule has 0 saturated heterocycles. The van der Waals surface area contributed by atoms with E-state index in [0.717, 1.165) is 0 Å². The van der Waals surface area contributed by atoms with Crippen LogP contribution in [0.1, 0.15) is 6.92 Å². The maximum Gasteiger partial charge on any atom is 0.211 e. The van der Waals surface area contributed by atoms with Crippen molar-refractivity contribution in [3.63, 3.8) is 0 Å². The van der Waals surface area contributed by atoms with Crippen LogP contribution in [0.4, 0.5) is 0 Å². The molecule has 1 atom stereocenters. The normalized spacial score (nSPS) is 12.6. The maximum absolute atomic E-state index is 10.0. The average Bonchev–Trinajstić information content (AvgIpc) is 1.31. The quantitative estimate of drug-likeness (QED) is 0.509. The van der Waals surface area contributed by atoms with Gasteiger partial charge in [0.2, 0.25) is 10.0 Å². The van der Waals surface area contributed by atoms with Crippen molar-refractivity contribution in [3.05, 3.63) is 6.92 Å². The first-order valence-corrected chi connectivity index (χ1v) is 3.40. The largest absolute Gasteiger partial charge is 0.228 e. The fourth-order valence-corrected chi connectivity index (χ4v) is 0. The van der Waals surface area contributed by atoms with Crippen LogP contribution < -0.4 is 5.14 Å². The van der Waals surface area contributed by atoms with Crippen LogP contribution in [0.25, 0.3) is 0 Å². The zero-order valence-corrected chi connectivity index (χ0v) is 4.90. The van der Waals surface area contributed by atoms with Crippen LogP contribution in [-0.2, 0) is 10.0 Å². The predicted molar refractivity (Wildman–Crippen MR) is 27.9 cm³/mol. The molecule has 0 aliphatic rings. The number of hydrogen-bond donors (Lipinski definition) is 1. The summed E-state index contributed by atoms with van der Waals surface area (Å²) in [5.74, 6) is 0. The molecule has 0 aliphatic carbocycles. The molecule has 2 N–H and O–H groups in total. The molecule has 0 aromatic heterocycles. The topological polar surface area (TPSA) is 60.2 Å². The number of nitrogens with two attached hydrogens (primary N) is 1. The third-order valence-corrected chi connectivity index (χ3v) is 1.68. The van der Waals surface area contributed by atoms with E-state index in [1.165, 1.54) is 6.92 Å². The lowest BCUT2D eigenvalue weighted by molar-refractivity contribution is 0.592. The molecule has 0 heterocycles. The monoisotopic (exact) mass is 122 g/mol. The number of sulfonamides is 1. The van der Waals surface area contributed by atoms with Gasteiger partial charge in [0.25, 0.3) is 0 Å². The summed E-state index contributed by atoms with van der Waals surface area (Å²) in [5.41, 5.74) is 0. The summed E-state index contributed by atoms with van der Waals surface area (Å²) in [6.07, 6.45) is 0. The summed E-state index contributed by atoms with van der Waals surface area (Å²) in [6, 6.07) is 0. The number of primary sulfonamides is 1. The number of rotatable bonds is 1. The van der Waals surface area contributed by atoms with Gasteiger partial charge in [-0.25, -0.2) is 13.6 Å². The van der Waals surface area contributed by atoms with Gasteiger partial charge in [0.05, 0.1) is 5.25 Å². The van der Waals surface area contributed by atoms with Crippen molar-refractivity contribution in [1.82, 2.24) is 0 Å². The fraction of sp³-hybridized carbons (Fsp3) is 0.667. The lowest BCUT2D eigenvalue weighted by atomic mass is 10.6. The molecule has 0 aromatic carbocycles. The number of hydrogen-bond acceptors (Lipinski definition) is 2. The zero-order chi connectivity index (χ0) is 6.08. The molecule has 0 aromatic rings. The fourth-order valence-electron chi connectivity index (χ4n) is 0. The Morgan fingerprint density at radius 2 is 1.86 bits per heavy atom. The van der Waals surface area contributed by atoms with Gasteiger partial charge in [0.15, 0.2) is 0 Å². The molecule has 7 heavy (non-hydrogen) atoms. The summed E-state index contributed by atoms with van der Waals surface area (Å²) in [5, 5.41) is 3.89. The smallest absolute Gasteiger partial charge is 0.211 e. The van der Waals surface area contributed by atoms with Gasteiger partial charge in [-0.15, -0.1) is 0 Å². The van der Waals surface area contributed by atoms with Crippen LogP contribution >= 0.6 is 0 Å². The molecule has 0 saturated carbocycles. The van der Waals surface area contributed by atoms with E-state index in [-0.39, 0.29) is 0 Å². The van der Waals surface area contributed by atoms with E-state index < -0.39 is 15.3 Å². The molecule has 0 amide bonds. The van der Waals surface area contributed by atoms with E-state index >= 15 is 0 Å². The second kappa shape index (κ2) is 1.79. The van der Waals surface area contributed by atoms with Crippen molar-refractivity contribution < 1.29 is 8.42 Å². The minimum absolute atomic E-state index is 0.701. The molecule has 1 radical (unpaired) electrons. The summed E-state index contributed by atoms with van der Waals surface area (Å²) < 4.78 is 20.1. The van der Waals surface area contributed by atoms with E-state index in [9.17, 15) is 8.42 Å². The minimum atomic E-state index is -3.35. The van der Waals surface area contributed by atoms with E-state index in [1.54, 1.807) is 0 Å². The van der Waals surface area contributed by atoms with E-state index in [4.69, 9.17) is 0 Å². The molecular formula is C3H8NO2S. The molecule has 0 rings (SSSR count). The molecule has 0 bridgehead atoms. The van der Waals surface area contributed by atoms with E-state index in [2.05, 4.69) is 12.1 Å². The highest BCUT2D eigenvalue weighted by molar-refractivity contribution is 7.89. The summed E-state index contributed by atoms with van der Waals surface area (Å²) in [7, 11) is -3.35. The first-order valence-electron chi connectivity index (χ1n) is 1.79. The Morgan fingerprint density at radius 3 is 1.86 bits per heavy atom. The minimum Gasteiger partial charge on any atom is -0.228 e.